The molecule has 0 saturated heterocycles. The molecule has 0 unspecified atom stereocenters. The molecule has 170 valence electrons. The van der Waals surface area contributed by atoms with Crippen LogP contribution in [0.15, 0.2) is 72.6 Å². The lowest BCUT2D eigenvalue weighted by Gasteiger charge is -2.06. The Morgan fingerprint density at radius 2 is 1.88 bits per heavy atom. The number of allylic oxidation sites excluding steroid dienone is 1. The summed E-state index contributed by atoms with van der Waals surface area (Å²) in [6.07, 6.45) is 3.65. The van der Waals surface area contributed by atoms with Crippen LogP contribution in [0, 0.1) is 5.82 Å². The molecule has 6 nitrogen and oxygen atoms in total. The molecule has 0 spiro atoms. The van der Waals surface area contributed by atoms with Gasteiger partial charge in [-0.1, -0.05) is 12.1 Å². The van der Waals surface area contributed by atoms with Crippen molar-refractivity contribution in [3.63, 3.8) is 0 Å². The highest BCUT2D eigenvalue weighted by atomic mass is 19.1. The molecular formula is C27H20FNO5. The second-order valence-electron chi connectivity index (χ2n) is 7.72. The van der Waals surface area contributed by atoms with E-state index in [-0.39, 0.29) is 28.6 Å². The number of nitrogens with zero attached hydrogens (tertiary/aromatic N) is 1. The van der Waals surface area contributed by atoms with Crippen molar-refractivity contribution in [2.24, 2.45) is 0 Å². The van der Waals surface area contributed by atoms with Crippen LogP contribution in [0.25, 0.3) is 17.0 Å². The molecule has 3 aromatic carbocycles. The highest BCUT2D eigenvalue weighted by Gasteiger charge is 2.28. The van der Waals surface area contributed by atoms with Crippen LogP contribution in [0.3, 0.4) is 0 Å². The lowest BCUT2D eigenvalue weighted by molar-refractivity contribution is 0.0729. The molecule has 2 heterocycles. The van der Waals surface area contributed by atoms with E-state index in [0.717, 1.165) is 23.0 Å². The number of carbonyl (C=O) groups is 2. The van der Waals surface area contributed by atoms with Crippen molar-refractivity contribution in [2.45, 2.75) is 13.5 Å². The number of rotatable bonds is 5. The molecule has 7 heteroatoms. The highest BCUT2D eigenvalue weighted by Crippen LogP contribution is 2.36. The Labute approximate surface area is 194 Å². The van der Waals surface area contributed by atoms with Gasteiger partial charge >= 0.3 is 5.97 Å². The van der Waals surface area contributed by atoms with Crippen LogP contribution in [-0.2, 0) is 6.54 Å². The first-order chi connectivity index (χ1) is 16.5. The molecule has 0 bridgehead atoms. The minimum atomic E-state index is -0.834. The fraction of sp³-hybridized carbons (Fsp3) is 0.111. The molecule has 5 rings (SSSR count). The number of aryl methyl sites for hydroxylation is 1. The van der Waals surface area contributed by atoms with E-state index in [1.807, 2.05) is 31.3 Å². The Balaban J connectivity index is 1.45. The minimum absolute atomic E-state index is 0.147. The van der Waals surface area contributed by atoms with E-state index in [1.165, 1.54) is 36.4 Å². The predicted octanol–water partition coefficient (Wildman–Crippen LogP) is 5.64. The van der Waals surface area contributed by atoms with Crippen LogP contribution in [0.1, 0.15) is 33.2 Å². The van der Waals surface area contributed by atoms with Gasteiger partial charge in [0.15, 0.2) is 5.76 Å². The molecule has 0 aliphatic carbocycles. The molecule has 0 atom stereocenters. The lowest BCUT2D eigenvalue weighted by atomic mass is 10.1. The summed E-state index contributed by atoms with van der Waals surface area (Å²) in [4.78, 5) is 25.3. The van der Waals surface area contributed by atoms with E-state index in [0.29, 0.717) is 11.3 Å². The van der Waals surface area contributed by atoms with Crippen molar-refractivity contribution < 1.29 is 28.2 Å². The van der Waals surface area contributed by atoms with Crippen LogP contribution in [0.2, 0.25) is 0 Å². The van der Waals surface area contributed by atoms with Gasteiger partial charge in [0.2, 0.25) is 5.78 Å². The van der Waals surface area contributed by atoms with Crippen molar-refractivity contribution >= 4 is 28.7 Å². The molecular weight excluding hydrogens is 437 g/mol. The number of ether oxygens (including phenoxy) is 3. The van der Waals surface area contributed by atoms with Gasteiger partial charge in [-0.05, 0) is 55.5 Å². The Hall–Kier alpha value is -4.39. The van der Waals surface area contributed by atoms with Gasteiger partial charge < -0.3 is 18.8 Å². The molecule has 0 radical (unpaired) electrons. The highest BCUT2D eigenvalue weighted by molar-refractivity contribution is 6.15. The fourth-order valence-electron chi connectivity index (χ4n) is 3.97. The molecule has 0 saturated carbocycles. The first-order valence-electron chi connectivity index (χ1n) is 10.7. The average Bonchev–Trinajstić information content (AvgIpc) is 3.35. The van der Waals surface area contributed by atoms with E-state index in [1.54, 1.807) is 19.3 Å². The molecule has 0 amide bonds. The first-order valence-corrected chi connectivity index (χ1v) is 10.7. The van der Waals surface area contributed by atoms with Crippen LogP contribution in [0.4, 0.5) is 4.39 Å². The smallest absolute Gasteiger partial charge is 0.346 e. The summed E-state index contributed by atoms with van der Waals surface area (Å²) in [6, 6.07) is 15.8. The third-order valence-corrected chi connectivity index (χ3v) is 5.69. The summed E-state index contributed by atoms with van der Waals surface area (Å²) in [7, 11) is 1.60. The summed E-state index contributed by atoms with van der Waals surface area (Å²) in [6.45, 7) is 2.80. The largest absolute Gasteiger partial charge is 0.497 e. The SMILES string of the molecule is CCn1cc(C=C2Oc3cc(OC(=O)c4ccccc4F)ccc3C2=O)c2cc(OC)ccc21. The number of hydrogen-bond acceptors (Lipinski definition) is 5. The third-order valence-electron chi connectivity index (χ3n) is 5.69. The zero-order valence-electron chi connectivity index (χ0n) is 18.5. The maximum atomic E-state index is 13.9. The van der Waals surface area contributed by atoms with Crippen molar-refractivity contribution in [3.05, 3.63) is 95.1 Å². The number of fused-ring (bicyclic) bond motifs is 2. The molecule has 1 aromatic heterocycles. The summed E-state index contributed by atoms with van der Waals surface area (Å²) >= 11 is 0. The average molecular weight is 457 g/mol. The number of ketones is 1. The topological polar surface area (TPSA) is 66.8 Å². The Kier molecular flexibility index (Phi) is 5.37. The van der Waals surface area contributed by atoms with E-state index in [9.17, 15) is 14.0 Å². The molecule has 4 aromatic rings. The molecule has 0 N–H and O–H groups in total. The number of esters is 1. The van der Waals surface area contributed by atoms with E-state index >= 15 is 0 Å². The first kappa shape index (κ1) is 21.5. The van der Waals surface area contributed by atoms with Crippen LogP contribution < -0.4 is 14.2 Å². The van der Waals surface area contributed by atoms with E-state index in [4.69, 9.17) is 14.2 Å². The monoisotopic (exact) mass is 457 g/mol. The van der Waals surface area contributed by atoms with Gasteiger partial charge in [0.1, 0.15) is 23.1 Å². The van der Waals surface area contributed by atoms with Gasteiger partial charge in [-0.3, -0.25) is 4.79 Å². The van der Waals surface area contributed by atoms with Gasteiger partial charge in [0.25, 0.3) is 0 Å². The normalized spacial score (nSPS) is 13.7. The molecule has 34 heavy (non-hydrogen) atoms. The quantitative estimate of drug-likeness (QED) is 0.220. The van der Waals surface area contributed by atoms with Crippen molar-refractivity contribution in [1.82, 2.24) is 4.57 Å². The summed E-state index contributed by atoms with van der Waals surface area (Å²) < 4.78 is 32.4. The second-order valence-corrected chi connectivity index (χ2v) is 7.72. The van der Waals surface area contributed by atoms with Crippen LogP contribution >= 0.6 is 0 Å². The molecule has 1 aliphatic rings. The standard InChI is InChI=1S/C27H20FNO5/c1-3-29-15-16(21-13-17(32-2)9-11-23(21)29)12-25-26(30)20-10-8-18(14-24(20)34-25)33-27(31)19-6-4-5-7-22(19)28/h4-15H,3H2,1-2H3. The Morgan fingerprint density at radius 1 is 1.09 bits per heavy atom. The molecule has 1 aliphatic heterocycles. The maximum absolute atomic E-state index is 13.9. The van der Waals surface area contributed by atoms with E-state index in [2.05, 4.69) is 4.57 Å². The van der Waals surface area contributed by atoms with Gasteiger partial charge in [-0.15, -0.1) is 0 Å². The fourth-order valence-corrected chi connectivity index (χ4v) is 3.97. The number of aromatic nitrogens is 1. The van der Waals surface area contributed by atoms with Gasteiger partial charge in [0.05, 0.1) is 18.2 Å². The second kappa shape index (κ2) is 8.51. The van der Waals surface area contributed by atoms with E-state index < -0.39 is 11.8 Å². The number of benzene rings is 3. The zero-order valence-corrected chi connectivity index (χ0v) is 18.5. The van der Waals surface area contributed by atoms with Crippen LogP contribution in [-0.4, -0.2) is 23.4 Å². The predicted molar refractivity (Wildman–Crippen MR) is 125 cm³/mol. The summed E-state index contributed by atoms with van der Waals surface area (Å²) in [5.74, 6) is -0.495. The number of Topliss-reactive ketones (excluding diaryl/α,β-unsaturated/α-hetero) is 1. The minimum Gasteiger partial charge on any atom is -0.497 e. The van der Waals surface area contributed by atoms with Crippen molar-refractivity contribution in [2.75, 3.05) is 7.11 Å². The van der Waals surface area contributed by atoms with Crippen molar-refractivity contribution in [1.29, 1.82) is 0 Å². The summed E-state index contributed by atoms with van der Waals surface area (Å²) in [5, 5.41) is 0.931. The number of carbonyl (C=O) groups excluding carboxylic acids is 2. The van der Waals surface area contributed by atoms with Gasteiger partial charge in [-0.2, -0.15) is 0 Å². The maximum Gasteiger partial charge on any atom is 0.346 e. The van der Waals surface area contributed by atoms with Gasteiger partial charge in [-0.25, -0.2) is 9.18 Å². The molecule has 0 fully saturated rings. The van der Waals surface area contributed by atoms with Crippen molar-refractivity contribution in [3.8, 4) is 17.2 Å². The Bertz CT molecular complexity index is 1480. The lowest BCUT2D eigenvalue weighted by Crippen LogP contribution is -2.10. The number of hydrogen-bond donors (Lipinski definition) is 0. The van der Waals surface area contributed by atoms with Gasteiger partial charge in [0, 0.05) is 35.3 Å². The number of methoxy groups -OCH3 is 1. The summed E-state index contributed by atoms with van der Waals surface area (Å²) in [5.41, 5.74) is 2.01. The third kappa shape index (κ3) is 3.71. The van der Waals surface area contributed by atoms with Crippen LogP contribution in [0.5, 0.6) is 17.2 Å². The number of halogens is 1. The zero-order chi connectivity index (χ0) is 23.8. The Morgan fingerprint density at radius 3 is 2.65 bits per heavy atom.